The molecular formula is C25H31N3O4S. The van der Waals surface area contributed by atoms with Gasteiger partial charge in [0.25, 0.3) is 11.8 Å². The minimum absolute atomic E-state index is 0.118. The Morgan fingerprint density at radius 2 is 1.58 bits per heavy atom. The maximum absolute atomic E-state index is 13.2. The quantitative estimate of drug-likeness (QED) is 0.666. The van der Waals surface area contributed by atoms with E-state index in [4.69, 9.17) is 0 Å². The number of piperidine rings is 1. The molecule has 2 aromatic rings. The summed E-state index contributed by atoms with van der Waals surface area (Å²) >= 11 is 0. The number of carbonyl (C=O) groups is 2. The van der Waals surface area contributed by atoms with E-state index in [1.54, 1.807) is 43.3 Å². The van der Waals surface area contributed by atoms with Crippen molar-refractivity contribution in [2.75, 3.05) is 18.4 Å². The second-order valence-electron chi connectivity index (χ2n) is 8.90. The summed E-state index contributed by atoms with van der Waals surface area (Å²) in [5, 5.41) is 5.87. The van der Waals surface area contributed by atoms with Crippen molar-refractivity contribution < 1.29 is 18.0 Å². The molecule has 0 radical (unpaired) electrons. The van der Waals surface area contributed by atoms with Gasteiger partial charge in [0, 0.05) is 24.7 Å². The molecule has 2 aromatic carbocycles. The van der Waals surface area contributed by atoms with Crippen LogP contribution in [0.5, 0.6) is 0 Å². The van der Waals surface area contributed by atoms with E-state index in [-0.39, 0.29) is 22.4 Å². The highest BCUT2D eigenvalue weighted by Gasteiger charge is 2.27. The lowest BCUT2D eigenvalue weighted by Crippen LogP contribution is -2.35. The molecule has 1 saturated carbocycles. The lowest BCUT2D eigenvalue weighted by molar-refractivity contribution is 0.0938. The normalized spacial score (nSPS) is 17.6. The zero-order valence-electron chi connectivity index (χ0n) is 19.0. The molecule has 2 aliphatic rings. The Balaban J connectivity index is 1.56. The highest BCUT2D eigenvalue weighted by Crippen LogP contribution is 2.25. The molecule has 8 heteroatoms. The summed E-state index contributed by atoms with van der Waals surface area (Å²) in [4.78, 5) is 26.1. The minimum atomic E-state index is -3.65. The van der Waals surface area contributed by atoms with Crippen LogP contribution in [-0.4, -0.2) is 43.7 Å². The number of amides is 2. The molecule has 0 unspecified atom stereocenters. The van der Waals surface area contributed by atoms with E-state index in [0.717, 1.165) is 44.9 Å². The fraction of sp³-hybridized carbons (Fsp3) is 0.440. The Morgan fingerprint density at radius 3 is 2.30 bits per heavy atom. The highest BCUT2D eigenvalue weighted by atomic mass is 32.2. The lowest BCUT2D eigenvalue weighted by Gasteiger charge is -2.26. The van der Waals surface area contributed by atoms with Gasteiger partial charge in [-0.05, 0) is 62.4 Å². The predicted molar refractivity (Wildman–Crippen MR) is 128 cm³/mol. The van der Waals surface area contributed by atoms with E-state index in [0.29, 0.717) is 29.9 Å². The topological polar surface area (TPSA) is 95.6 Å². The third-order valence-electron chi connectivity index (χ3n) is 6.52. The number of sulfonamides is 1. The Morgan fingerprint density at radius 1 is 0.879 bits per heavy atom. The second kappa shape index (κ2) is 10.1. The molecule has 0 atom stereocenters. The molecule has 33 heavy (non-hydrogen) atoms. The smallest absolute Gasteiger partial charge is 0.255 e. The van der Waals surface area contributed by atoms with Crippen LogP contribution in [0.1, 0.15) is 71.2 Å². The Kier molecular flexibility index (Phi) is 7.14. The van der Waals surface area contributed by atoms with Gasteiger partial charge in [-0.15, -0.1) is 0 Å². The lowest BCUT2D eigenvalue weighted by atomic mass is 10.1. The molecule has 0 spiro atoms. The van der Waals surface area contributed by atoms with Gasteiger partial charge in [-0.25, -0.2) is 8.42 Å². The average molecular weight is 470 g/mol. The fourth-order valence-electron chi connectivity index (χ4n) is 4.57. The molecule has 1 saturated heterocycles. The van der Waals surface area contributed by atoms with E-state index >= 15 is 0 Å². The Hall–Kier alpha value is -2.71. The largest absolute Gasteiger partial charge is 0.349 e. The number of benzene rings is 2. The summed E-state index contributed by atoms with van der Waals surface area (Å²) < 4.78 is 27.7. The maximum atomic E-state index is 13.2. The number of para-hydroxylation sites is 1. The number of hydrogen-bond acceptors (Lipinski definition) is 4. The van der Waals surface area contributed by atoms with E-state index < -0.39 is 15.9 Å². The molecule has 0 aromatic heterocycles. The van der Waals surface area contributed by atoms with Crippen LogP contribution in [0, 0.1) is 6.92 Å². The van der Waals surface area contributed by atoms with Gasteiger partial charge < -0.3 is 10.6 Å². The second-order valence-corrected chi connectivity index (χ2v) is 10.8. The van der Waals surface area contributed by atoms with Gasteiger partial charge in [-0.2, -0.15) is 4.31 Å². The van der Waals surface area contributed by atoms with Gasteiger partial charge in [0.15, 0.2) is 0 Å². The molecule has 0 bridgehead atoms. The SMILES string of the molecule is Cc1ccc(S(=O)(=O)N2CCCCC2)cc1C(=O)Nc1ccccc1C(=O)NC1CCCC1. The number of carbonyl (C=O) groups excluding carboxylic acids is 2. The van der Waals surface area contributed by atoms with Crippen LogP contribution < -0.4 is 10.6 Å². The van der Waals surface area contributed by atoms with Crippen LogP contribution in [-0.2, 0) is 10.0 Å². The molecule has 1 heterocycles. The van der Waals surface area contributed by atoms with Crippen LogP contribution >= 0.6 is 0 Å². The van der Waals surface area contributed by atoms with E-state index in [9.17, 15) is 18.0 Å². The monoisotopic (exact) mass is 469 g/mol. The third-order valence-corrected chi connectivity index (χ3v) is 8.41. The average Bonchev–Trinajstić information content (AvgIpc) is 3.33. The van der Waals surface area contributed by atoms with E-state index in [1.165, 1.54) is 10.4 Å². The number of hydrogen-bond donors (Lipinski definition) is 2. The number of aryl methyl sites for hydroxylation is 1. The third kappa shape index (κ3) is 5.28. The number of rotatable bonds is 6. The van der Waals surface area contributed by atoms with Crippen molar-refractivity contribution >= 4 is 27.5 Å². The Bertz CT molecular complexity index is 1130. The number of nitrogens with one attached hydrogen (secondary N) is 2. The molecule has 7 nitrogen and oxygen atoms in total. The highest BCUT2D eigenvalue weighted by molar-refractivity contribution is 7.89. The minimum Gasteiger partial charge on any atom is -0.349 e. The molecule has 2 N–H and O–H groups in total. The van der Waals surface area contributed by atoms with Crippen LogP contribution in [0.3, 0.4) is 0 Å². The first-order valence-corrected chi connectivity index (χ1v) is 13.1. The van der Waals surface area contributed by atoms with Crippen molar-refractivity contribution in [3.63, 3.8) is 0 Å². The summed E-state index contributed by atoms with van der Waals surface area (Å²) in [5.74, 6) is -0.653. The van der Waals surface area contributed by atoms with Gasteiger partial charge in [0.05, 0.1) is 16.1 Å². The van der Waals surface area contributed by atoms with Gasteiger partial charge in [0.2, 0.25) is 10.0 Å². The molecule has 2 fully saturated rings. The van der Waals surface area contributed by atoms with Crippen molar-refractivity contribution in [2.45, 2.75) is 62.8 Å². The van der Waals surface area contributed by atoms with Crippen LogP contribution in [0.25, 0.3) is 0 Å². The standard InChI is InChI=1S/C25H31N3O4S/c1-18-13-14-20(33(31,32)28-15-7-2-8-16-28)17-22(18)25(30)27-23-12-6-5-11-21(23)24(29)26-19-9-3-4-10-19/h5-6,11-14,17,19H,2-4,7-10,15-16H2,1H3,(H,26,29)(H,27,30). The zero-order chi connectivity index (χ0) is 23.4. The predicted octanol–water partition coefficient (Wildman–Crippen LogP) is 4.09. The van der Waals surface area contributed by atoms with Crippen molar-refractivity contribution in [1.29, 1.82) is 0 Å². The number of nitrogens with zero attached hydrogens (tertiary/aromatic N) is 1. The molecule has 176 valence electrons. The van der Waals surface area contributed by atoms with Crippen molar-refractivity contribution in [1.82, 2.24) is 9.62 Å². The van der Waals surface area contributed by atoms with Gasteiger partial charge in [0.1, 0.15) is 0 Å². The summed E-state index contributed by atoms with van der Waals surface area (Å²) in [6.07, 6.45) is 6.88. The van der Waals surface area contributed by atoms with Gasteiger partial charge >= 0.3 is 0 Å². The van der Waals surface area contributed by atoms with E-state index in [1.807, 2.05) is 0 Å². The first kappa shape index (κ1) is 23.4. The zero-order valence-corrected chi connectivity index (χ0v) is 19.8. The molecule has 1 aliphatic carbocycles. The maximum Gasteiger partial charge on any atom is 0.255 e. The van der Waals surface area contributed by atoms with Crippen LogP contribution in [0.4, 0.5) is 5.69 Å². The van der Waals surface area contributed by atoms with Gasteiger partial charge in [-0.3, -0.25) is 9.59 Å². The summed E-state index contributed by atoms with van der Waals surface area (Å²) in [6, 6.07) is 11.7. The number of anilines is 1. The summed E-state index contributed by atoms with van der Waals surface area (Å²) in [7, 11) is -3.65. The van der Waals surface area contributed by atoms with Crippen molar-refractivity contribution in [2.24, 2.45) is 0 Å². The molecule has 4 rings (SSSR count). The van der Waals surface area contributed by atoms with Gasteiger partial charge in [-0.1, -0.05) is 37.5 Å². The molecule has 2 amide bonds. The first-order chi connectivity index (χ1) is 15.9. The fourth-order valence-corrected chi connectivity index (χ4v) is 6.12. The summed E-state index contributed by atoms with van der Waals surface area (Å²) in [6.45, 7) is 2.77. The summed E-state index contributed by atoms with van der Waals surface area (Å²) in [5.41, 5.74) is 1.74. The van der Waals surface area contributed by atoms with Crippen molar-refractivity contribution in [3.8, 4) is 0 Å². The Labute approximate surface area is 195 Å². The first-order valence-electron chi connectivity index (χ1n) is 11.7. The van der Waals surface area contributed by atoms with E-state index in [2.05, 4.69) is 10.6 Å². The molecule has 1 aliphatic heterocycles. The molecular weight excluding hydrogens is 438 g/mol. The van der Waals surface area contributed by atoms with Crippen LogP contribution in [0.2, 0.25) is 0 Å². The van der Waals surface area contributed by atoms with Crippen LogP contribution in [0.15, 0.2) is 47.4 Å². The van der Waals surface area contributed by atoms with Crippen molar-refractivity contribution in [3.05, 3.63) is 59.2 Å².